The first kappa shape index (κ1) is 13.8. The van der Waals surface area contributed by atoms with Gasteiger partial charge in [-0.1, -0.05) is 22.0 Å². The van der Waals surface area contributed by atoms with E-state index < -0.39 is 0 Å². The van der Waals surface area contributed by atoms with Gasteiger partial charge in [-0.25, -0.2) is 0 Å². The van der Waals surface area contributed by atoms with Crippen molar-refractivity contribution in [2.45, 2.75) is 6.42 Å². The maximum Gasteiger partial charge on any atom is 0.252 e. The quantitative estimate of drug-likeness (QED) is 0.833. The molecule has 0 aliphatic carbocycles. The molecule has 2 rings (SSSR count). The molecule has 2 nitrogen and oxygen atoms in total. The molecular formula is C13H11Br2NOS. The van der Waals surface area contributed by atoms with Crippen molar-refractivity contribution in [2.24, 2.45) is 0 Å². The number of hydrogen-bond donors (Lipinski definition) is 1. The summed E-state index contributed by atoms with van der Waals surface area (Å²) in [6, 6.07) is 9.66. The van der Waals surface area contributed by atoms with Crippen LogP contribution in [0.1, 0.15) is 15.2 Å². The zero-order valence-electron chi connectivity index (χ0n) is 9.45. The third-order valence-electron chi connectivity index (χ3n) is 2.41. The minimum absolute atomic E-state index is 0.0558. The highest BCUT2D eigenvalue weighted by molar-refractivity contribution is 9.11. The Labute approximate surface area is 127 Å². The molecule has 0 radical (unpaired) electrons. The van der Waals surface area contributed by atoms with Crippen LogP contribution < -0.4 is 5.32 Å². The Morgan fingerprint density at radius 2 is 2.11 bits per heavy atom. The molecule has 0 bridgehead atoms. The van der Waals surface area contributed by atoms with Crippen LogP contribution in [-0.4, -0.2) is 12.5 Å². The summed E-state index contributed by atoms with van der Waals surface area (Å²) in [6.45, 7) is 0.651. The fraction of sp³-hybridized carbons (Fsp3) is 0.154. The number of nitrogens with one attached hydrogen (secondary N) is 1. The van der Waals surface area contributed by atoms with Crippen molar-refractivity contribution >= 4 is 49.1 Å². The minimum Gasteiger partial charge on any atom is -0.352 e. The van der Waals surface area contributed by atoms with E-state index in [1.54, 1.807) is 11.3 Å². The molecule has 1 aromatic carbocycles. The van der Waals surface area contributed by atoms with Crippen molar-refractivity contribution in [1.29, 1.82) is 0 Å². The Morgan fingerprint density at radius 3 is 2.83 bits per heavy atom. The number of carbonyl (C=O) groups is 1. The van der Waals surface area contributed by atoms with E-state index in [0.29, 0.717) is 12.1 Å². The standard InChI is InChI=1S/C13H11Br2NOS/c14-9-3-4-12(15)11(8-9)13(17)16-6-5-10-2-1-7-18-10/h1-4,7-8H,5-6H2,(H,16,17). The summed E-state index contributed by atoms with van der Waals surface area (Å²) in [5.41, 5.74) is 0.649. The van der Waals surface area contributed by atoms with E-state index in [4.69, 9.17) is 0 Å². The van der Waals surface area contributed by atoms with Gasteiger partial charge in [0.05, 0.1) is 5.56 Å². The summed E-state index contributed by atoms with van der Waals surface area (Å²) in [5, 5.41) is 4.97. The van der Waals surface area contributed by atoms with Crippen molar-refractivity contribution in [2.75, 3.05) is 6.54 Å². The fourth-order valence-electron chi connectivity index (χ4n) is 1.52. The highest BCUT2D eigenvalue weighted by Gasteiger charge is 2.09. The Kier molecular flexibility index (Phi) is 4.97. The smallest absolute Gasteiger partial charge is 0.252 e. The first-order valence-corrected chi connectivity index (χ1v) is 7.89. The summed E-state index contributed by atoms with van der Waals surface area (Å²) in [7, 11) is 0. The molecule has 0 fully saturated rings. The Hall–Kier alpha value is -0.650. The van der Waals surface area contributed by atoms with Gasteiger partial charge in [0.1, 0.15) is 0 Å². The molecule has 1 heterocycles. The Balaban J connectivity index is 1.93. The summed E-state index contributed by atoms with van der Waals surface area (Å²) < 4.78 is 1.70. The third kappa shape index (κ3) is 3.67. The zero-order chi connectivity index (χ0) is 13.0. The van der Waals surface area contributed by atoms with Gasteiger partial charge >= 0.3 is 0 Å². The van der Waals surface area contributed by atoms with Crippen LogP contribution in [0.3, 0.4) is 0 Å². The highest BCUT2D eigenvalue weighted by Crippen LogP contribution is 2.21. The molecular weight excluding hydrogens is 378 g/mol. The molecule has 1 amide bonds. The van der Waals surface area contributed by atoms with Gasteiger partial charge < -0.3 is 5.32 Å². The average Bonchev–Trinajstić information content (AvgIpc) is 2.85. The molecule has 18 heavy (non-hydrogen) atoms. The van der Waals surface area contributed by atoms with E-state index in [-0.39, 0.29) is 5.91 Å². The van der Waals surface area contributed by atoms with Crippen LogP contribution in [-0.2, 0) is 6.42 Å². The molecule has 5 heteroatoms. The first-order chi connectivity index (χ1) is 8.66. The second-order valence-corrected chi connectivity index (χ2v) is 6.51. The number of benzene rings is 1. The van der Waals surface area contributed by atoms with Gasteiger partial charge in [0.25, 0.3) is 5.91 Å². The largest absolute Gasteiger partial charge is 0.352 e. The maximum absolute atomic E-state index is 12.0. The van der Waals surface area contributed by atoms with Gasteiger partial charge in [0.15, 0.2) is 0 Å². The number of carbonyl (C=O) groups excluding carboxylic acids is 1. The van der Waals surface area contributed by atoms with Crippen molar-refractivity contribution in [3.63, 3.8) is 0 Å². The number of hydrogen-bond acceptors (Lipinski definition) is 2. The van der Waals surface area contributed by atoms with Crippen LogP contribution in [0.15, 0.2) is 44.7 Å². The van der Waals surface area contributed by atoms with Crippen LogP contribution >= 0.6 is 43.2 Å². The monoisotopic (exact) mass is 387 g/mol. The average molecular weight is 389 g/mol. The van der Waals surface area contributed by atoms with Gasteiger partial charge in [-0.15, -0.1) is 11.3 Å². The highest BCUT2D eigenvalue weighted by atomic mass is 79.9. The minimum atomic E-state index is -0.0558. The second kappa shape index (κ2) is 6.50. The van der Waals surface area contributed by atoms with Crippen LogP contribution in [0.5, 0.6) is 0 Å². The molecule has 0 atom stereocenters. The van der Waals surface area contributed by atoms with Crippen molar-refractivity contribution in [3.8, 4) is 0 Å². The first-order valence-electron chi connectivity index (χ1n) is 5.42. The summed E-state index contributed by atoms with van der Waals surface area (Å²) in [5.74, 6) is -0.0558. The van der Waals surface area contributed by atoms with Crippen molar-refractivity contribution < 1.29 is 4.79 Å². The molecule has 94 valence electrons. The molecule has 0 saturated heterocycles. The molecule has 0 saturated carbocycles. The van der Waals surface area contributed by atoms with E-state index >= 15 is 0 Å². The molecule has 0 spiro atoms. The zero-order valence-corrected chi connectivity index (χ0v) is 13.4. The molecule has 0 aliphatic rings. The Morgan fingerprint density at radius 1 is 1.28 bits per heavy atom. The number of amides is 1. The number of thiophene rings is 1. The van der Waals surface area contributed by atoms with E-state index in [2.05, 4.69) is 43.2 Å². The number of rotatable bonds is 4. The van der Waals surface area contributed by atoms with Crippen LogP contribution in [0, 0.1) is 0 Å². The third-order valence-corrected chi connectivity index (χ3v) is 4.53. The fourth-order valence-corrected chi connectivity index (χ4v) is 3.02. The molecule has 1 aromatic heterocycles. The summed E-state index contributed by atoms with van der Waals surface area (Å²) in [4.78, 5) is 13.3. The molecule has 0 aliphatic heterocycles. The van der Waals surface area contributed by atoms with Crippen molar-refractivity contribution in [1.82, 2.24) is 5.32 Å². The van der Waals surface area contributed by atoms with Crippen LogP contribution in [0.2, 0.25) is 0 Å². The van der Waals surface area contributed by atoms with E-state index in [1.807, 2.05) is 29.6 Å². The molecule has 2 aromatic rings. The molecule has 0 unspecified atom stereocenters. The van der Waals surface area contributed by atoms with Gasteiger partial charge in [-0.3, -0.25) is 4.79 Å². The van der Waals surface area contributed by atoms with Gasteiger partial charge in [0, 0.05) is 20.4 Å². The lowest BCUT2D eigenvalue weighted by Gasteiger charge is -2.06. The van der Waals surface area contributed by atoms with Gasteiger partial charge in [0.2, 0.25) is 0 Å². The van der Waals surface area contributed by atoms with Crippen LogP contribution in [0.25, 0.3) is 0 Å². The second-order valence-electron chi connectivity index (χ2n) is 3.71. The van der Waals surface area contributed by atoms with Crippen molar-refractivity contribution in [3.05, 3.63) is 55.1 Å². The lowest BCUT2D eigenvalue weighted by atomic mass is 10.2. The van der Waals surface area contributed by atoms with E-state index in [9.17, 15) is 4.79 Å². The maximum atomic E-state index is 12.0. The van der Waals surface area contributed by atoms with Gasteiger partial charge in [-0.05, 0) is 52.0 Å². The van der Waals surface area contributed by atoms with E-state index in [1.165, 1.54) is 4.88 Å². The summed E-state index contributed by atoms with van der Waals surface area (Å²) in [6.07, 6.45) is 0.870. The summed E-state index contributed by atoms with van der Waals surface area (Å²) >= 11 is 8.46. The van der Waals surface area contributed by atoms with Gasteiger partial charge in [-0.2, -0.15) is 0 Å². The predicted octanol–water partition coefficient (Wildman–Crippen LogP) is 4.25. The Bertz CT molecular complexity index is 540. The van der Waals surface area contributed by atoms with E-state index in [0.717, 1.165) is 15.4 Å². The lowest BCUT2D eigenvalue weighted by molar-refractivity contribution is 0.0953. The SMILES string of the molecule is O=C(NCCc1cccs1)c1cc(Br)ccc1Br. The normalized spacial score (nSPS) is 10.3. The molecule has 1 N–H and O–H groups in total. The topological polar surface area (TPSA) is 29.1 Å². The predicted molar refractivity (Wildman–Crippen MR) is 82.2 cm³/mol. The lowest BCUT2D eigenvalue weighted by Crippen LogP contribution is -2.25. The number of halogens is 2. The van der Waals surface area contributed by atoms with Crippen LogP contribution in [0.4, 0.5) is 0 Å².